The fraction of sp³-hybridized carbons (Fsp3) is 0.571. The zero-order valence-electron chi connectivity index (χ0n) is 10.4. The van der Waals surface area contributed by atoms with Crippen LogP contribution >= 0.6 is 11.8 Å². The molecule has 2 nitrogen and oxygen atoms in total. The molecule has 2 rings (SSSR count). The first-order chi connectivity index (χ1) is 8.34. The SMILES string of the molecule is Cc1ccc(OCCSC2CCCNC2)cc1. The summed E-state index contributed by atoms with van der Waals surface area (Å²) in [5.41, 5.74) is 1.28. The van der Waals surface area contributed by atoms with E-state index in [1.807, 2.05) is 23.9 Å². The number of benzene rings is 1. The van der Waals surface area contributed by atoms with E-state index in [9.17, 15) is 0 Å². The Bertz CT molecular complexity index is 319. The van der Waals surface area contributed by atoms with E-state index >= 15 is 0 Å². The first kappa shape index (κ1) is 12.8. The van der Waals surface area contributed by atoms with Crippen molar-refractivity contribution in [3.05, 3.63) is 29.8 Å². The molecule has 0 saturated carbocycles. The minimum Gasteiger partial charge on any atom is -0.493 e. The fourth-order valence-electron chi connectivity index (χ4n) is 1.97. The molecule has 1 aromatic rings. The average Bonchev–Trinajstić information content (AvgIpc) is 2.38. The molecule has 1 N–H and O–H groups in total. The van der Waals surface area contributed by atoms with Gasteiger partial charge in [0.25, 0.3) is 0 Å². The van der Waals surface area contributed by atoms with Crippen molar-refractivity contribution in [3.63, 3.8) is 0 Å². The van der Waals surface area contributed by atoms with Crippen LogP contribution in [0.1, 0.15) is 18.4 Å². The van der Waals surface area contributed by atoms with Crippen molar-refractivity contribution >= 4 is 11.8 Å². The van der Waals surface area contributed by atoms with Crippen LogP contribution in [0.15, 0.2) is 24.3 Å². The van der Waals surface area contributed by atoms with Crippen molar-refractivity contribution < 1.29 is 4.74 Å². The van der Waals surface area contributed by atoms with Crippen LogP contribution in [0.5, 0.6) is 5.75 Å². The van der Waals surface area contributed by atoms with Crippen molar-refractivity contribution in [2.75, 3.05) is 25.4 Å². The number of piperidine rings is 1. The number of nitrogens with one attached hydrogen (secondary N) is 1. The van der Waals surface area contributed by atoms with Crippen LogP contribution in [-0.4, -0.2) is 30.7 Å². The highest BCUT2D eigenvalue weighted by Gasteiger charge is 2.12. The highest BCUT2D eigenvalue weighted by atomic mass is 32.2. The summed E-state index contributed by atoms with van der Waals surface area (Å²) in [4.78, 5) is 0. The van der Waals surface area contributed by atoms with Gasteiger partial charge in [0.15, 0.2) is 0 Å². The lowest BCUT2D eigenvalue weighted by atomic mass is 10.2. The summed E-state index contributed by atoms with van der Waals surface area (Å²) >= 11 is 2.03. The second-order valence-corrected chi connectivity index (χ2v) is 5.91. The van der Waals surface area contributed by atoms with Gasteiger partial charge >= 0.3 is 0 Å². The van der Waals surface area contributed by atoms with Gasteiger partial charge in [-0.15, -0.1) is 0 Å². The average molecular weight is 251 g/mol. The summed E-state index contributed by atoms with van der Waals surface area (Å²) in [6, 6.07) is 8.27. The molecule has 1 aromatic carbocycles. The van der Waals surface area contributed by atoms with Crippen LogP contribution in [0.3, 0.4) is 0 Å². The van der Waals surface area contributed by atoms with Gasteiger partial charge in [-0.1, -0.05) is 17.7 Å². The van der Waals surface area contributed by atoms with E-state index in [4.69, 9.17) is 4.74 Å². The Morgan fingerprint density at radius 3 is 2.88 bits per heavy atom. The van der Waals surface area contributed by atoms with E-state index < -0.39 is 0 Å². The topological polar surface area (TPSA) is 21.3 Å². The molecular formula is C14H21NOS. The van der Waals surface area contributed by atoms with Crippen molar-refractivity contribution in [1.29, 1.82) is 0 Å². The molecule has 0 spiro atoms. The van der Waals surface area contributed by atoms with Gasteiger partial charge < -0.3 is 10.1 Å². The predicted molar refractivity (Wildman–Crippen MR) is 75.0 cm³/mol. The van der Waals surface area contributed by atoms with Gasteiger partial charge in [-0.2, -0.15) is 11.8 Å². The molecule has 1 unspecified atom stereocenters. The van der Waals surface area contributed by atoms with Crippen LogP contribution < -0.4 is 10.1 Å². The molecule has 1 aliphatic heterocycles. The normalized spacial score (nSPS) is 20.2. The fourth-order valence-corrected chi connectivity index (χ4v) is 3.05. The number of rotatable bonds is 5. The number of ether oxygens (including phenoxy) is 1. The third-order valence-electron chi connectivity index (χ3n) is 2.98. The molecule has 0 amide bonds. The predicted octanol–water partition coefficient (Wildman–Crippen LogP) is 2.86. The molecule has 0 aliphatic carbocycles. The van der Waals surface area contributed by atoms with Crippen LogP contribution in [0.25, 0.3) is 0 Å². The Morgan fingerprint density at radius 1 is 1.35 bits per heavy atom. The van der Waals surface area contributed by atoms with Crippen molar-refractivity contribution in [1.82, 2.24) is 5.32 Å². The first-order valence-corrected chi connectivity index (χ1v) is 7.41. The molecule has 94 valence electrons. The van der Waals surface area contributed by atoms with Crippen LogP contribution in [-0.2, 0) is 0 Å². The summed E-state index contributed by atoms with van der Waals surface area (Å²) in [6.45, 7) is 5.26. The third kappa shape index (κ3) is 4.60. The molecule has 1 saturated heterocycles. The lowest BCUT2D eigenvalue weighted by molar-refractivity contribution is 0.343. The molecule has 0 bridgehead atoms. The van der Waals surface area contributed by atoms with E-state index in [2.05, 4.69) is 24.4 Å². The minimum atomic E-state index is 0.783. The maximum atomic E-state index is 5.71. The summed E-state index contributed by atoms with van der Waals surface area (Å²) in [5, 5.41) is 4.22. The smallest absolute Gasteiger partial charge is 0.119 e. The number of hydrogen-bond donors (Lipinski definition) is 1. The molecule has 0 radical (unpaired) electrons. The standard InChI is InChI=1S/C14H21NOS/c1-12-4-6-13(7-5-12)16-9-10-17-14-3-2-8-15-11-14/h4-7,14-15H,2-3,8-11H2,1H3. The summed E-state index contributed by atoms with van der Waals surface area (Å²) in [6.07, 6.45) is 2.67. The number of thioether (sulfide) groups is 1. The Morgan fingerprint density at radius 2 is 2.18 bits per heavy atom. The second-order valence-electron chi connectivity index (χ2n) is 4.50. The van der Waals surface area contributed by atoms with Gasteiger partial charge in [0.05, 0.1) is 6.61 Å². The molecule has 17 heavy (non-hydrogen) atoms. The van der Waals surface area contributed by atoms with E-state index in [-0.39, 0.29) is 0 Å². The van der Waals surface area contributed by atoms with Crippen LogP contribution in [0.4, 0.5) is 0 Å². The molecule has 1 atom stereocenters. The molecule has 1 fully saturated rings. The molecule has 0 aromatic heterocycles. The van der Waals surface area contributed by atoms with Crippen molar-refractivity contribution in [2.45, 2.75) is 25.0 Å². The first-order valence-electron chi connectivity index (χ1n) is 6.36. The molecule has 1 aliphatic rings. The maximum Gasteiger partial charge on any atom is 0.119 e. The Labute approximate surface area is 108 Å². The molecule has 3 heteroatoms. The highest BCUT2D eigenvalue weighted by molar-refractivity contribution is 7.99. The highest BCUT2D eigenvalue weighted by Crippen LogP contribution is 2.18. The zero-order valence-corrected chi connectivity index (χ0v) is 11.3. The third-order valence-corrected chi connectivity index (χ3v) is 4.25. The number of aryl methyl sites for hydroxylation is 1. The quantitative estimate of drug-likeness (QED) is 0.813. The van der Waals surface area contributed by atoms with E-state index in [1.54, 1.807) is 0 Å². The van der Waals surface area contributed by atoms with Crippen LogP contribution in [0, 0.1) is 6.92 Å². The van der Waals surface area contributed by atoms with E-state index in [1.165, 1.54) is 24.9 Å². The Kier molecular flexibility index (Phi) is 5.20. The summed E-state index contributed by atoms with van der Waals surface area (Å²) in [5.74, 6) is 2.07. The van der Waals surface area contributed by atoms with E-state index in [0.717, 1.165) is 29.9 Å². The van der Waals surface area contributed by atoms with Gasteiger partial charge in [-0.05, 0) is 38.4 Å². The number of hydrogen-bond acceptors (Lipinski definition) is 3. The van der Waals surface area contributed by atoms with E-state index in [0.29, 0.717) is 0 Å². The van der Waals surface area contributed by atoms with Gasteiger partial charge in [-0.25, -0.2) is 0 Å². The van der Waals surface area contributed by atoms with Gasteiger partial charge in [0.2, 0.25) is 0 Å². The van der Waals surface area contributed by atoms with Gasteiger partial charge in [-0.3, -0.25) is 0 Å². The Balaban J connectivity index is 1.60. The molecular weight excluding hydrogens is 230 g/mol. The van der Waals surface area contributed by atoms with Crippen LogP contribution in [0.2, 0.25) is 0 Å². The second kappa shape index (κ2) is 6.92. The Hall–Kier alpha value is -0.670. The largest absolute Gasteiger partial charge is 0.493 e. The molecule has 1 heterocycles. The minimum absolute atomic E-state index is 0.783. The lowest BCUT2D eigenvalue weighted by Crippen LogP contribution is -2.32. The lowest BCUT2D eigenvalue weighted by Gasteiger charge is -2.22. The van der Waals surface area contributed by atoms with Crippen molar-refractivity contribution in [2.24, 2.45) is 0 Å². The maximum absolute atomic E-state index is 5.71. The zero-order chi connectivity index (χ0) is 11.9. The van der Waals surface area contributed by atoms with Gasteiger partial charge in [0.1, 0.15) is 5.75 Å². The monoisotopic (exact) mass is 251 g/mol. The summed E-state index contributed by atoms with van der Waals surface area (Å²) < 4.78 is 5.71. The van der Waals surface area contributed by atoms with Crippen molar-refractivity contribution in [3.8, 4) is 5.75 Å². The van der Waals surface area contributed by atoms with Gasteiger partial charge in [0, 0.05) is 17.5 Å². The summed E-state index contributed by atoms with van der Waals surface area (Å²) in [7, 11) is 0.